The van der Waals surface area contributed by atoms with E-state index < -0.39 is 5.82 Å². The first-order valence-electron chi connectivity index (χ1n) is 7.66. The van der Waals surface area contributed by atoms with Gasteiger partial charge in [0.05, 0.1) is 16.6 Å². The zero-order chi connectivity index (χ0) is 16.2. The molecule has 3 rings (SSSR count). The van der Waals surface area contributed by atoms with Gasteiger partial charge in [0.15, 0.2) is 0 Å². The van der Waals surface area contributed by atoms with Gasteiger partial charge in [-0.25, -0.2) is 4.39 Å². The lowest BCUT2D eigenvalue weighted by atomic mass is 10.1. The lowest BCUT2D eigenvalue weighted by Crippen LogP contribution is -2.36. The highest BCUT2D eigenvalue weighted by atomic mass is 35.5. The summed E-state index contributed by atoms with van der Waals surface area (Å²) in [4.78, 5) is 16.0. The van der Waals surface area contributed by atoms with Crippen LogP contribution in [0.15, 0.2) is 35.7 Å². The molecule has 0 aliphatic carbocycles. The van der Waals surface area contributed by atoms with Crippen molar-refractivity contribution in [2.75, 3.05) is 19.6 Å². The van der Waals surface area contributed by atoms with E-state index in [2.05, 4.69) is 21.7 Å². The molecule has 0 bridgehead atoms. The maximum Gasteiger partial charge on any atom is 0.252 e. The maximum absolute atomic E-state index is 13.1. The van der Waals surface area contributed by atoms with Crippen molar-refractivity contribution < 1.29 is 9.18 Å². The van der Waals surface area contributed by atoms with E-state index in [0.29, 0.717) is 12.1 Å². The largest absolute Gasteiger partial charge is 0.350 e. The van der Waals surface area contributed by atoms with Crippen LogP contribution < -0.4 is 5.32 Å². The molecule has 0 spiro atoms. The van der Waals surface area contributed by atoms with Crippen LogP contribution in [0.3, 0.4) is 0 Å². The number of benzene rings is 1. The third-order valence-corrected chi connectivity index (χ3v) is 5.37. The summed E-state index contributed by atoms with van der Waals surface area (Å²) in [5, 5.41) is 5.13. The smallest absolute Gasteiger partial charge is 0.252 e. The second-order valence-electron chi connectivity index (χ2n) is 5.61. The number of amides is 1. The van der Waals surface area contributed by atoms with Crippen molar-refractivity contribution in [1.29, 1.82) is 0 Å². The average Bonchev–Trinajstić information content (AvgIpc) is 3.21. The third kappa shape index (κ3) is 3.91. The Morgan fingerprint density at radius 1 is 1.35 bits per heavy atom. The standard InChI is InChI=1S/C17H18ClFN2OS/c18-14-10-12(19)5-6-13(14)17(22)20-11-15(16-4-3-9-23-16)21-7-1-2-8-21/h3-6,9-10,15H,1-2,7-8,11H2,(H,20,22). The van der Waals surface area contributed by atoms with Crippen LogP contribution in [0.2, 0.25) is 5.02 Å². The Morgan fingerprint density at radius 3 is 2.78 bits per heavy atom. The first-order chi connectivity index (χ1) is 11.1. The molecule has 1 atom stereocenters. The van der Waals surface area contributed by atoms with E-state index in [1.54, 1.807) is 11.3 Å². The monoisotopic (exact) mass is 352 g/mol. The second-order valence-corrected chi connectivity index (χ2v) is 6.99. The van der Waals surface area contributed by atoms with Gasteiger partial charge in [-0.15, -0.1) is 11.3 Å². The van der Waals surface area contributed by atoms with E-state index in [1.807, 2.05) is 6.07 Å². The minimum atomic E-state index is -0.444. The van der Waals surface area contributed by atoms with Crippen LogP contribution in [0.25, 0.3) is 0 Å². The molecule has 1 aliphatic heterocycles. The van der Waals surface area contributed by atoms with Crippen LogP contribution in [-0.4, -0.2) is 30.4 Å². The number of likely N-dealkylation sites (tertiary alicyclic amines) is 1. The van der Waals surface area contributed by atoms with Gasteiger partial charge in [-0.1, -0.05) is 17.7 Å². The predicted molar refractivity (Wildman–Crippen MR) is 91.6 cm³/mol. The summed E-state index contributed by atoms with van der Waals surface area (Å²) in [6.07, 6.45) is 2.39. The number of hydrogen-bond donors (Lipinski definition) is 1. The predicted octanol–water partition coefficient (Wildman–Crippen LogP) is 4.11. The fraction of sp³-hybridized carbons (Fsp3) is 0.353. The summed E-state index contributed by atoms with van der Waals surface area (Å²) in [5.41, 5.74) is 0.305. The van der Waals surface area contributed by atoms with Crippen molar-refractivity contribution in [3.05, 3.63) is 57.0 Å². The Kier molecular flexibility index (Phi) is 5.30. The Bertz CT molecular complexity index is 671. The lowest BCUT2D eigenvalue weighted by molar-refractivity contribution is 0.0938. The molecule has 0 saturated carbocycles. The van der Waals surface area contributed by atoms with Gasteiger partial charge in [0.2, 0.25) is 0 Å². The molecule has 3 nitrogen and oxygen atoms in total. The molecule has 23 heavy (non-hydrogen) atoms. The van der Waals surface area contributed by atoms with E-state index in [0.717, 1.165) is 19.2 Å². The van der Waals surface area contributed by atoms with Crippen molar-refractivity contribution in [3.63, 3.8) is 0 Å². The number of halogens is 2. The van der Waals surface area contributed by atoms with E-state index in [1.165, 1.54) is 29.9 Å². The molecule has 1 aromatic heterocycles. The van der Waals surface area contributed by atoms with Crippen LogP contribution >= 0.6 is 22.9 Å². The van der Waals surface area contributed by atoms with Crippen LogP contribution in [0.5, 0.6) is 0 Å². The fourth-order valence-corrected chi connectivity index (χ4v) is 4.02. The highest BCUT2D eigenvalue weighted by Gasteiger charge is 2.25. The molecule has 1 fully saturated rings. The zero-order valence-corrected chi connectivity index (χ0v) is 14.2. The van der Waals surface area contributed by atoms with Gasteiger partial charge >= 0.3 is 0 Å². The molecule has 6 heteroatoms. The van der Waals surface area contributed by atoms with Crippen molar-refractivity contribution in [2.24, 2.45) is 0 Å². The number of nitrogens with one attached hydrogen (secondary N) is 1. The first kappa shape index (κ1) is 16.4. The molecular formula is C17H18ClFN2OS. The molecule has 122 valence electrons. The Hall–Kier alpha value is -1.43. The molecule has 1 unspecified atom stereocenters. The summed E-state index contributed by atoms with van der Waals surface area (Å²) in [7, 11) is 0. The van der Waals surface area contributed by atoms with Crippen LogP contribution in [0.4, 0.5) is 4.39 Å². The normalized spacial score (nSPS) is 16.4. The Labute approximate surface area is 144 Å². The van der Waals surface area contributed by atoms with Crippen molar-refractivity contribution in [3.8, 4) is 0 Å². The number of carbonyl (C=O) groups is 1. The van der Waals surface area contributed by atoms with Crippen molar-refractivity contribution >= 4 is 28.8 Å². The van der Waals surface area contributed by atoms with Gasteiger partial charge in [-0.3, -0.25) is 9.69 Å². The summed E-state index contributed by atoms with van der Waals surface area (Å²) in [6.45, 7) is 2.62. The Balaban J connectivity index is 1.69. The van der Waals surface area contributed by atoms with Gasteiger partial charge in [-0.2, -0.15) is 0 Å². The average molecular weight is 353 g/mol. The van der Waals surface area contributed by atoms with Crippen LogP contribution in [0.1, 0.15) is 34.1 Å². The Morgan fingerprint density at radius 2 is 2.13 bits per heavy atom. The molecule has 0 radical (unpaired) electrons. The number of nitrogens with zero attached hydrogens (tertiary/aromatic N) is 1. The maximum atomic E-state index is 13.1. The van der Waals surface area contributed by atoms with Crippen LogP contribution in [0, 0.1) is 5.82 Å². The van der Waals surface area contributed by atoms with Crippen molar-refractivity contribution in [1.82, 2.24) is 10.2 Å². The van der Waals surface area contributed by atoms with E-state index in [4.69, 9.17) is 11.6 Å². The SMILES string of the molecule is O=C(NCC(c1cccs1)N1CCCC1)c1ccc(F)cc1Cl. The zero-order valence-electron chi connectivity index (χ0n) is 12.6. The molecular weight excluding hydrogens is 335 g/mol. The lowest BCUT2D eigenvalue weighted by Gasteiger charge is -2.27. The number of hydrogen-bond acceptors (Lipinski definition) is 3. The van der Waals surface area contributed by atoms with E-state index >= 15 is 0 Å². The summed E-state index contributed by atoms with van der Waals surface area (Å²) >= 11 is 7.66. The topological polar surface area (TPSA) is 32.3 Å². The minimum Gasteiger partial charge on any atom is -0.350 e. The quantitative estimate of drug-likeness (QED) is 0.878. The van der Waals surface area contributed by atoms with Gasteiger partial charge in [0, 0.05) is 11.4 Å². The second kappa shape index (κ2) is 7.43. The molecule has 1 aromatic carbocycles. The summed E-state index contributed by atoms with van der Waals surface area (Å²) in [5.74, 6) is -0.712. The molecule has 1 saturated heterocycles. The van der Waals surface area contributed by atoms with Gasteiger partial charge < -0.3 is 5.32 Å². The minimum absolute atomic E-state index is 0.136. The molecule has 1 amide bonds. The van der Waals surface area contributed by atoms with Crippen LogP contribution in [-0.2, 0) is 0 Å². The number of thiophene rings is 1. The molecule has 2 aromatic rings. The first-order valence-corrected chi connectivity index (χ1v) is 8.91. The van der Waals surface area contributed by atoms with E-state index in [-0.39, 0.29) is 17.0 Å². The molecule has 2 heterocycles. The van der Waals surface area contributed by atoms with Gasteiger partial charge in [0.25, 0.3) is 5.91 Å². The highest BCUT2D eigenvalue weighted by molar-refractivity contribution is 7.10. The fourth-order valence-electron chi connectivity index (χ4n) is 2.90. The molecule has 1 aliphatic rings. The number of rotatable bonds is 5. The summed E-state index contributed by atoms with van der Waals surface area (Å²) < 4.78 is 13.1. The van der Waals surface area contributed by atoms with E-state index in [9.17, 15) is 9.18 Å². The van der Waals surface area contributed by atoms with Gasteiger partial charge in [0.1, 0.15) is 5.82 Å². The van der Waals surface area contributed by atoms with Gasteiger partial charge in [-0.05, 0) is 55.6 Å². The summed E-state index contributed by atoms with van der Waals surface area (Å²) in [6, 6.07) is 8.14. The third-order valence-electron chi connectivity index (χ3n) is 4.08. The van der Waals surface area contributed by atoms with Crippen molar-refractivity contribution in [2.45, 2.75) is 18.9 Å². The highest BCUT2D eigenvalue weighted by Crippen LogP contribution is 2.28. The molecule has 1 N–H and O–H groups in total. The number of carbonyl (C=O) groups excluding carboxylic acids is 1.